The maximum atomic E-state index is 12.5. The van der Waals surface area contributed by atoms with Crippen LogP contribution in [0.15, 0.2) is 35.7 Å². The van der Waals surface area contributed by atoms with Crippen molar-refractivity contribution in [3.63, 3.8) is 0 Å². The molecule has 1 atom stereocenters. The molecule has 0 aliphatic heterocycles. The number of thiophene rings is 2. The zero-order valence-corrected chi connectivity index (χ0v) is 13.5. The molecule has 5 heteroatoms. The summed E-state index contributed by atoms with van der Waals surface area (Å²) in [5.41, 5.74) is 7.88. The first kappa shape index (κ1) is 14.1. The molecule has 0 spiro atoms. The van der Waals surface area contributed by atoms with Crippen LogP contribution >= 0.6 is 22.7 Å². The molecule has 0 radical (unpaired) electrons. The Morgan fingerprint density at radius 3 is 2.76 bits per heavy atom. The smallest absolute Gasteiger partial charge is 0.264 e. The van der Waals surface area contributed by atoms with Crippen LogP contribution in [0, 0.1) is 6.92 Å². The highest BCUT2D eigenvalue weighted by atomic mass is 32.1. The van der Waals surface area contributed by atoms with Crippen LogP contribution in [0.1, 0.15) is 33.1 Å². The lowest BCUT2D eigenvalue weighted by atomic mass is 10.1. The van der Waals surface area contributed by atoms with E-state index >= 15 is 0 Å². The van der Waals surface area contributed by atoms with Crippen molar-refractivity contribution in [3.8, 4) is 0 Å². The molecule has 0 saturated heterocycles. The van der Waals surface area contributed by atoms with Crippen molar-refractivity contribution in [1.29, 1.82) is 0 Å². The molecule has 0 bridgehead atoms. The molecule has 2 heterocycles. The van der Waals surface area contributed by atoms with Gasteiger partial charge in [0.2, 0.25) is 0 Å². The molecule has 0 saturated carbocycles. The number of hydrogen-bond donors (Lipinski definition) is 2. The number of hydrogen-bond acceptors (Lipinski definition) is 4. The maximum Gasteiger partial charge on any atom is 0.264 e. The fourth-order valence-corrected chi connectivity index (χ4v) is 4.15. The van der Waals surface area contributed by atoms with Crippen LogP contribution in [0.3, 0.4) is 0 Å². The third kappa shape index (κ3) is 2.54. The minimum atomic E-state index is -0.103. The molecule has 0 fully saturated rings. The number of anilines is 1. The van der Waals surface area contributed by atoms with Gasteiger partial charge in [-0.1, -0.05) is 24.3 Å². The Kier molecular flexibility index (Phi) is 3.69. The lowest BCUT2D eigenvalue weighted by Gasteiger charge is -2.11. The summed E-state index contributed by atoms with van der Waals surface area (Å²) in [5.74, 6) is -0.103. The first-order valence-corrected chi connectivity index (χ1v) is 8.39. The molecule has 1 aromatic carbocycles. The van der Waals surface area contributed by atoms with Crippen LogP contribution in [0.5, 0.6) is 0 Å². The minimum absolute atomic E-state index is 0.0109. The Labute approximate surface area is 131 Å². The van der Waals surface area contributed by atoms with Gasteiger partial charge >= 0.3 is 0 Å². The third-order valence-corrected chi connectivity index (χ3v) is 5.89. The summed E-state index contributed by atoms with van der Waals surface area (Å²) < 4.78 is 1.09. The molecule has 21 heavy (non-hydrogen) atoms. The fourth-order valence-electron chi connectivity index (χ4n) is 2.32. The van der Waals surface area contributed by atoms with Gasteiger partial charge in [0.25, 0.3) is 5.91 Å². The summed E-state index contributed by atoms with van der Waals surface area (Å²) in [7, 11) is 0. The SMILES string of the molecule is Cc1cccc2c(N)c(C(=O)NC(C)c3cccs3)sc12. The van der Waals surface area contributed by atoms with E-state index < -0.39 is 0 Å². The van der Waals surface area contributed by atoms with E-state index in [2.05, 4.69) is 5.32 Å². The number of aryl methyl sites for hydroxylation is 1. The Morgan fingerprint density at radius 2 is 2.10 bits per heavy atom. The topological polar surface area (TPSA) is 55.1 Å². The molecular formula is C16H16N2OS2. The van der Waals surface area contributed by atoms with E-state index in [0.717, 1.165) is 20.5 Å². The molecule has 0 aliphatic rings. The van der Waals surface area contributed by atoms with E-state index in [0.29, 0.717) is 10.6 Å². The van der Waals surface area contributed by atoms with E-state index in [1.807, 2.05) is 49.6 Å². The molecule has 3 rings (SSSR count). The zero-order chi connectivity index (χ0) is 15.0. The van der Waals surface area contributed by atoms with Crippen LogP contribution < -0.4 is 11.1 Å². The average molecular weight is 316 g/mol. The highest BCUT2D eigenvalue weighted by Crippen LogP contribution is 2.35. The number of fused-ring (bicyclic) bond motifs is 1. The normalized spacial score (nSPS) is 12.5. The molecule has 0 aliphatic carbocycles. The van der Waals surface area contributed by atoms with Gasteiger partial charge in [-0.3, -0.25) is 4.79 Å². The van der Waals surface area contributed by atoms with Gasteiger partial charge in [-0.2, -0.15) is 0 Å². The summed E-state index contributed by atoms with van der Waals surface area (Å²) in [4.78, 5) is 14.2. The van der Waals surface area contributed by atoms with Gasteiger partial charge in [0.1, 0.15) is 4.88 Å². The van der Waals surface area contributed by atoms with Gasteiger partial charge in [0, 0.05) is 15.0 Å². The second kappa shape index (κ2) is 5.50. The summed E-state index contributed by atoms with van der Waals surface area (Å²) >= 11 is 3.10. The molecule has 3 aromatic rings. The fraction of sp³-hybridized carbons (Fsp3) is 0.188. The quantitative estimate of drug-likeness (QED) is 0.755. The predicted octanol–water partition coefficient (Wildman–Crippen LogP) is 4.34. The van der Waals surface area contributed by atoms with Crippen molar-refractivity contribution < 1.29 is 4.79 Å². The minimum Gasteiger partial charge on any atom is -0.397 e. The predicted molar refractivity (Wildman–Crippen MR) is 91.2 cm³/mol. The second-order valence-corrected chi connectivity index (χ2v) is 7.01. The van der Waals surface area contributed by atoms with Crippen molar-refractivity contribution in [3.05, 3.63) is 51.0 Å². The zero-order valence-electron chi connectivity index (χ0n) is 11.8. The van der Waals surface area contributed by atoms with Crippen molar-refractivity contribution in [1.82, 2.24) is 5.32 Å². The third-order valence-electron chi connectivity index (χ3n) is 3.47. The summed E-state index contributed by atoms with van der Waals surface area (Å²) in [6.45, 7) is 4.02. The lowest BCUT2D eigenvalue weighted by molar-refractivity contribution is 0.0945. The number of benzene rings is 1. The van der Waals surface area contributed by atoms with Crippen molar-refractivity contribution in [2.45, 2.75) is 19.9 Å². The molecule has 3 nitrogen and oxygen atoms in total. The Bertz CT molecular complexity index is 790. The van der Waals surface area contributed by atoms with Gasteiger partial charge < -0.3 is 11.1 Å². The van der Waals surface area contributed by atoms with Gasteiger partial charge in [-0.05, 0) is 30.9 Å². The van der Waals surface area contributed by atoms with Crippen LogP contribution in [0.25, 0.3) is 10.1 Å². The van der Waals surface area contributed by atoms with Gasteiger partial charge in [-0.15, -0.1) is 22.7 Å². The molecule has 1 amide bonds. The Balaban J connectivity index is 1.91. The van der Waals surface area contributed by atoms with E-state index in [9.17, 15) is 4.79 Å². The summed E-state index contributed by atoms with van der Waals surface area (Å²) in [6.07, 6.45) is 0. The largest absolute Gasteiger partial charge is 0.397 e. The monoisotopic (exact) mass is 316 g/mol. The van der Waals surface area contributed by atoms with Gasteiger partial charge in [-0.25, -0.2) is 0 Å². The van der Waals surface area contributed by atoms with E-state index in [4.69, 9.17) is 5.73 Å². The Morgan fingerprint density at radius 1 is 1.29 bits per heavy atom. The van der Waals surface area contributed by atoms with Crippen LogP contribution in [-0.4, -0.2) is 5.91 Å². The average Bonchev–Trinajstić information content (AvgIpc) is 3.08. The maximum absolute atomic E-state index is 12.5. The summed E-state index contributed by atoms with van der Waals surface area (Å²) in [5, 5.41) is 6.00. The van der Waals surface area contributed by atoms with Crippen LogP contribution in [0.4, 0.5) is 5.69 Å². The van der Waals surface area contributed by atoms with Crippen molar-refractivity contribution in [2.75, 3.05) is 5.73 Å². The number of rotatable bonds is 3. The van der Waals surface area contributed by atoms with Crippen LogP contribution in [0.2, 0.25) is 0 Å². The number of amides is 1. The van der Waals surface area contributed by atoms with Crippen LogP contribution in [-0.2, 0) is 0 Å². The Hall–Kier alpha value is -1.85. The first-order chi connectivity index (χ1) is 10.1. The molecule has 108 valence electrons. The highest BCUT2D eigenvalue weighted by molar-refractivity contribution is 7.21. The second-order valence-electron chi connectivity index (χ2n) is 5.01. The molecule has 1 unspecified atom stereocenters. The standard InChI is InChI=1S/C16H16N2OS2/c1-9-5-3-6-11-13(17)15(21-14(9)11)16(19)18-10(2)12-7-4-8-20-12/h3-8,10H,17H2,1-2H3,(H,18,19). The molecule has 2 aromatic heterocycles. The molecule has 3 N–H and O–H groups in total. The number of carbonyl (C=O) groups excluding carboxylic acids is 1. The summed E-state index contributed by atoms with van der Waals surface area (Å²) in [6, 6.07) is 9.97. The number of carbonyl (C=O) groups is 1. The number of nitrogens with one attached hydrogen (secondary N) is 1. The van der Waals surface area contributed by atoms with E-state index in [1.54, 1.807) is 11.3 Å². The lowest BCUT2D eigenvalue weighted by Crippen LogP contribution is -2.25. The van der Waals surface area contributed by atoms with Gasteiger partial charge in [0.05, 0.1) is 11.7 Å². The van der Waals surface area contributed by atoms with E-state index in [-0.39, 0.29) is 11.9 Å². The molecular weight excluding hydrogens is 300 g/mol. The van der Waals surface area contributed by atoms with Crippen molar-refractivity contribution in [2.24, 2.45) is 0 Å². The first-order valence-electron chi connectivity index (χ1n) is 6.69. The number of nitrogens with two attached hydrogens (primary N) is 1. The highest BCUT2D eigenvalue weighted by Gasteiger charge is 2.19. The van der Waals surface area contributed by atoms with Crippen molar-refractivity contribution >= 4 is 44.4 Å². The van der Waals surface area contributed by atoms with E-state index in [1.165, 1.54) is 11.3 Å². The van der Waals surface area contributed by atoms with Gasteiger partial charge in [0.15, 0.2) is 0 Å². The number of nitrogen functional groups attached to an aromatic ring is 1.